The SMILES string of the molecule is COc1cc(OC)cc(C(=O)N(CCN2CCOCC2)c2nc3c(C)ccc(C)c3s2)c1. The molecule has 1 aliphatic rings. The Morgan fingerprint density at radius 2 is 1.75 bits per heavy atom. The zero-order valence-corrected chi connectivity index (χ0v) is 19.8. The number of hydrogen-bond donors (Lipinski definition) is 0. The van der Waals surface area contributed by atoms with Crippen LogP contribution in [0.25, 0.3) is 10.2 Å². The number of ether oxygens (including phenoxy) is 3. The number of amides is 1. The van der Waals surface area contributed by atoms with Gasteiger partial charge in [-0.25, -0.2) is 4.98 Å². The number of benzene rings is 2. The number of carbonyl (C=O) groups excluding carboxylic acids is 1. The van der Waals surface area contributed by atoms with Crippen LogP contribution in [0.1, 0.15) is 21.5 Å². The number of nitrogens with zero attached hydrogens (tertiary/aromatic N) is 3. The summed E-state index contributed by atoms with van der Waals surface area (Å²) in [6.07, 6.45) is 0. The summed E-state index contributed by atoms with van der Waals surface area (Å²) in [4.78, 5) is 22.7. The maximum atomic E-state index is 13.7. The van der Waals surface area contributed by atoms with E-state index < -0.39 is 0 Å². The molecule has 0 N–H and O–H groups in total. The fourth-order valence-corrected chi connectivity index (χ4v) is 4.94. The molecule has 1 amide bonds. The molecule has 0 saturated carbocycles. The van der Waals surface area contributed by atoms with Gasteiger partial charge in [0.15, 0.2) is 5.13 Å². The molecular weight excluding hydrogens is 426 g/mol. The first kappa shape index (κ1) is 22.5. The van der Waals surface area contributed by atoms with Crippen molar-refractivity contribution in [2.24, 2.45) is 0 Å². The quantitative estimate of drug-likeness (QED) is 0.538. The molecule has 0 radical (unpaired) electrons. The van der Waals surface area contributed by atoms with Gasteiger partial charge in [-0.2, -0.15) is 0 Å². The molecule has 0 aliphatic carbocycles. The average molecular weight is 456 g/mol. The molecule has 2 heterocycles. The first-order valence-corrected chi connectivity index (χ1v) is 11.5. The summed E-state index contributed by atoms with van der Waals surface area (Å²) in [7, 11) is 3.16. The summed E-state index contributed by atoms with van der Waals surface area (Å²) < 4.78 is 17.3. The number of rotatable bonds is 7. The van der Waals surface area contributed by atoms with Crippen LogP contribution in [0.5, 0.6) is 11.5 Å². The van der Waals surface area contributed by atoms with Gasteiger partial charge < -0.3 is 14.2 Å². The van der Waals surface area contributed by atoms with Crippen molar-refractivity contribution in [1.29, 1.82) is 0 Å². The molecule has 8 heteroatoms. The van der Waals surface area contributed by atoms with Gasteiger partial charge in [-0.1, -0.05) is 23.5 Å². The molecule has 0 spiro atoms. The molecule has 2 aromatic carbocycles. The van der Waals surface area contributed by atoms with Crippen LogP contribution in [0.2, 0.25) is 0 Å². The van der Waals surface area contributed by atoms with Crippen LogP contribution in [0.4, 0.5) is 5.13 Å². The summed E-state index contributed by atoms with van der Waals surface area (Å²) in [5, 5.41) is 0.706. The van der Waals surface area contributed by atoms with Crippen molar-refractivity contribution in [1.82, 2.24) is 9.88 Å². The monoisotopic (exact) mass is 455 g/mol. The Morgan fingerprint density at radius 1 is 1.09 bits per heavy atom. The fraction of sp³-hybridized carbons (Fsp3) is 0.417. The summed E-state index contributed by atoms with van der Waals surface area (Å²) in [5.41, 5.74) is 3.74. The van der Waals surface area contributed by atoms with Crippen molar-refractivity contribution in [3.05, 3.63) is 47.0 Å². The van der Waals surface area contributed by atoms with Gasteiger partial charge in [-0.05, 0) is 37.1 Å². The first-order valence-electron chi connectivity index (χ1n) is 10.7. The predicted octanol–water partition coefficient (Wildman–Crippen LogP) is 3.91. The Kier molecular flexibility index (Phi) is 6.93. The van der Waals surface area contributed by atoms with Crippen LogP contribution >= 0.6 is 11.3 Å². The minimum atomic E-state index is -0.121. The minimum absolute atomic E-state index is 0.121. The predicted molar refractivity (Wildman–Crippen MR) is 128 cm³/mol. The number of hydrogen-bond acceptors (Lipinski definition) is 7. The molecule has 0 bridgehead atoms. The van der Waals surface area contributed by atoms with Gasteiger partial charge in [0.1, 0.15) is 11.5 Å². The first-order chi connectivity index (χ1) is 15.5. The van der Waals surface area contributed by atoms with Crippen LogP contribution in [-0.4, -0.2) is 69.4 Å². The minimum Gasteiger partial charge on any atom is -0.497 e. The molecule has 7 nitrogen and oxygen atoms in total. The van der Waals surface area contributed by atoms with E-state index >= 15 is 0 Å². The third-order valence-electron chi connectivity index (χ3n) is 5.75. The summed E-state index contributed by atoms with van der Waals surface area (Å²) in [6.45, 7) is 8.61. The van der Waals surface area contributed by atoms with Gasteiger partial charge in [0.05, 0.1) is 37.6 Å². The highest BCUT2D eigenvalue weighted by molar-refractivity contribution is 7.22. The zero-order chi connectivity index (χ0) is 22.7. The molecule has 0 unspecified atom stereocenters. The van der Waals surface area contributed by atoms with E-state index in [1.807, 2.05) is 0 Å². The Morgan fingerprint density at radius 3 is 2.38 bits per heavy atom. The van der Waals surface area contributed by atoms with Gasteiger partial charge in [-0.3, -0.25) is 14.6 Å². The topological polar surface area (TPSA) is 64.1 Å². The number of morpholine rings is 1. The fourth-order valence-electron chi connectivity index (χ4n) is 3.80. The van der Waals surface area contributed by atoms with E-state index in [-0.39, 0.29) is 5.91 Å². The van der Waals surface area contributed by atoms with Crippen molar-refractivity contribution in [3.8, 4) is 11.5 Å². The van der Waals surface area contributed by atoms with Crippen molar-refractivity contribution in [3.63, 3.8) is 0 Å². The number of aryl methyl sites for hydroxylation is 2. The number of carbonyl (C=O) groups is 1. The van der Waals surface area contributed by atoms with E-state index in [0.29, 0.717) is 28.7 Å². The molecule has 170 valence electrons. The standard InChI is InChI=1S/C24H29N3O4S/c1-16-5-6-17(2)22-21(16)25-24(32-22)27(8-7-26-9-11-31-12-10-26)23(28)18-13-19(29-3)15-20(14-18)30-4/h5-6,13-15H,7-12H2,1-4H3. The molecule has 32 heavy (non-hydrogen) atoms. The van der Waals surface area contributed by atoms with Crippen molar-refractivity contribution in [2.45, 2.75) is 13.8 Å². The highest BCUT2D eigenvalue weighted by Crippen LogP contribution is 2.34. The van der Waals surface area contributed by atoms with Crippen LogP contribution in [0.3, 0.4) is 0 Å². The Hall–Kier alpha value is -2.68. The summed E-state index contributed by atoms with van der Waals surface area (Å²) >= 11 is 1.56. The third kappa shape index (κ3) is 4.72. The van der Waals surface area contributed by atoms with Crippen molar-refractivity contribution in [2.75, 3.05) is 58.5 Å². The molecule has 3 aromatic rings. The lowest BCUT2D eigenvalue weighted by Crippen LogP contribution is -2.43. The van der Waals surface area contributed by atoms with E-state index in [9.17, 15) is 4.79 Å². The number of anilines is 1. The Bertz CT molecular complexity index is 1050. The van der Waals surface area contributed by atoms with E-state index in [0.717, 1.165) is 54.2 Å². The third-order valence-corrected chi connectivity index (χ3v) is 6.96. The molecule has 1 aliphatic heterocycles. The van der Waals surface area contributed by atoms with E-state index in [4.69, 9.17) is 19.2 Å². The zero-order valence-electron chi connectivity index (χ0n) is 19.0. The molecule has 4 rings (SSSR count). The van der Waals surface area contributed by atoms with E-state index in [1.165, 1.54) is 0 Å². The van der Waals surface area contributed by atoms with E-state index in [1.54, 1.807) is 48.7 Å². The lowest BCUT2D eigenvalue weighted by atomic mass is 10.1. The number of thiazole rings is 1. The highest BCUT2D eigenvalue weighted by Gasteiger charge is 2.24. The molecule has 1 fully saturated rings. The molecule has 0 atom stereocenters. The van der Waals surface area contributed by atoms with E-state index in [2.05, 4.69) is 30.9 Å². The molecule has 1 saturated heterocycles. The van der Waals surface area contributed by atoms with Gasteiger partial charge in [0.2, 0.25) is 0 Å². The van der Waals surface area contributed by atoms with Gasteiger partial charge >= 0.3 is 0 Å². The highest BCUT2D eigenvalue weighted by atomic mass is 32.1. The average Bonchev–Trinajstić information content (AvgIpc) is 3.28. The number of methoxy groups -OCH3 is 2. The second-order valence-electron chi connectivity index (χ2n) is 7.89. The smallest absolute Gasteiger partial charge is 0.260 e. The van der Waals surface area contributed by atoms with Crippen molar-refractivity contribution >= 4 is 32.6 Å². The van der Waals surface area contributed by atoms with Crippen LogP contribution in [0, 0.1) is 13.8 Å². The Balaban J connectivity index is 1.71. The van der Waals surface area contributed by atoms with Crippen LogP contribution in [0.15, 0.2) is 30.3 Å². The van der Waals surface area contributed by atoms with Gasteiger partial charge in [0.25, 0.3) is 5.91 Å². The van der Waals surface area contributed by atoms with Crippen LogP contribution < -0.4 is 14.4 Å². The maximum Gasteiger partial charge on any atom is 0.260 e. The molecular formula is C24H29N3O4S. The second-order valence-corrected chi connectivity index (χ2v) is 8.86. The summed E-state index contributed by atoms with van der Waals surface area (Å²) in [6, 6.07) is 9.44. The molecule has 1 aromatic heterocycles. The normalized spacial score (nSPS) is 14.5. The van der Waals surface area contributed by atoms with Crippen molar-refractivity contribution < 1.29 is 19.0 Å². The lowest BCUT2D eigenvalue weighted by Gasteiger charge is -2.29. The van der Waals surface area contributed by atoms with Gasteiger partial charge in [-0.15, -0.1) is 0 Å². The number of aromatic nitrogens is 1. The second kappa shape index (κ2) is 9.85. The lowest BCUT2D eigenvalue weighted by molar-refractivity contribution is 0.0391. The largest absolute Gasteiger partial charge is 0.497 e. The van der Waals surface area contributed by atoms with Gasteiger partial charge in [0, 0.05) is 37.8 Å². The van der Waals surface area contributed by atoms with Crippen LogP contribution in [-0.2, 0) is 4.74 Å². The maximum absolute atomic E-state index is 13.7. The summed E-state index contributed by atoms with van der Waals surface area (Å²) in [5.74, 6) is 1.04. The number of fused-ring (bicyclic) bond motifs is 1. The Labute approximate surface area is 192 Å².